The predicted octanol–water partition coefficient (Wildman–Crippen LogP) is 4.05. The van der Waals surface area contributed by atoms with Gasteiger partial charge in [0.05, 0.1) is 17.6 Å². The number of hydrogen-bond acceptors (Lipinski definition) is 3. The summed E-state index contributed by atoms with van der Waals surface area (Å²) in [6.45, 7) is 5.90. The number of hydrogen-bond donors (Lipinski definition) is 1. The van der Waals surface area contributed by atoms with Gasteiger partial charge in [0.1, 0.15) is 11.6 Å². The molecule has 132 valence electrons. The van der Waals surface area contributed by atoms with Gasteiger partial charge in [0.15, 0.2) is 0 Å². The molecule has 3 rings (SSSR count). The molecule has 0 amide bonds. The van der Waals surface area contributed by atoms with Crippen molar-refractivity contribution in [2.24, 2.45) is 0 Å². The fourth-order valence-electron chi connectivity index (χ4n) is 3.23. The Balaban J connectivity index is 1.68. The molecular weight excluding hydrogens is 312 g/mol. The molecule has 4 nitrogen and oxygen atoms in total. The second-order valence-corrected chi connectivity index (χ2v) is 6.42. The maximum atomic E-state index is 9.13. The molecule has 0 aliphatic rings. The van der Waals surface area contributed by atoms with Crippen LogP contribution >= 0.6 is 0 Å². The highest BCUT2D eigenvalue weighted by atomic mass is 16.5. The fraction of sp³-hybridized carbons (Fsp3) is 0.381. The highest BCUT2D eigenvalue weighted by Gasteiger charge is 2.10. The van der Waals surface area contributed by atoms with Crippen molar-refractivity contribution in [2.45, 2.75) is 39.7 Å². The normalized spacial score (nSPS) is 11.2. The Bertz CT molecular complexity index is 819. The van der Waals surface area contributed by atoms with Crippen LogP contribution in [0.4, 0.5) is 0 Å². The summed E-state index contributed by atoms with van der Waals surface area (Å²) in [6.07, 6.45) is 2.45. The van der Waals surface area contributed by atoms with Gasteiger partial charge in [-0.25, -0.2) is 4.98 Å². The molecular formula is C21H26N2O2. The van der Waals surface area contributed by atoms with E-state index in [0.29, 0.717) is 6.61 Å². The summed E-state index contributed by atoms with van der Waals surface area (Å²) in [5, 5.41) is 9.13. The molecule has 0 unspecified atom stereocenters. The fourth-order valence-corrected chi connectivity index (χ4v) is 3.23. The molecule has 0 aliphatic carbocycles. The van der Waals surface area contributed by atoms with Gasteiger partial charge < -0.3 is 14.4 Å². The van der Waals surface area contributed by atoms with E-state index in [2.05, 4.69) is 42.7 Å². The minimum Gasteiger partial charge on any atom is -0.493 e. The molecule has 0 aliphatic heterocycles. The van der Waals surface area contributed by atoms with Crippen LogP contribution in [0.1, 0.15) is 29.8 Å². The Morgan fingerprint density at radius 3 is 2.52 bits per heavy atom. The van der Waals surface area contributed by atoms with Gasteiger partial charge in [-0.15, -0.1) is 0 Å². The van der Waals surface area contributed by atoms with Crippen LogP contribution in [-0.4, -0.2) is 27.9 Å². The Hall–Kier alpha value is -2.33. The number of ether oxygens (including phenoxy) is 1. The van der Waals surface area contributed by atoms with Crippen LogP contribution < -0.4 is 4.74 Å². The van der Waals surface area contributed by atoms with Gasteiger partial charge in [0.2, 0.25) is 0 Å². The van der Waals surface area contributed by atoms with E-state index in [1.807, 2.05) is 18.2 Å². The molecule has 2 aromatic carbocycles. The van der Waals surface area contributed by atoms with Gasteiger partial charge >= 0.3 is 0 Å². The minimum absolute atomic E-state index is 0.193. The molecule has 4 heteroatoms. The van der Waals surface area contributed by atoms with Crippen molar-refractivity contribution < 1.29 is 9.84 Å². The summed E-state index contributed by atoms with van der Waals surface area (Å²) in [7, 11) is 0. The number of rotatable bonds is 8. The molecule has 1 N–H and O–H groups in total. The van der Waals surface area contributed by atoms with E-state index < -0.39 is 0 Å². The second-order valence-electron chi connectivity index (χ2n) is 6.42. The van der Waals surface area contributed by atoms with E-state index in [1.54, 1.807) is 0 Å². The highest BCUT2D eigenvalue weighted by molar-refractivity contribution is 5.75. The van der Waals surface area contributed by atoms with E-state index in [-0.39, 0.29) is 6.61 Å². The maximum Gasteiger partial charge on any atom is 0.125 e. The van der Waals surface area contributed by atoms with Crippen molar-refractivity contribution in [3.63, 3.8) is 0 Å². The lowest BCUT2D eigenvalue weighted by Gasteiger charge is -2.13. The molecule has 0 radical (unpaired) electrons. The molecule has 0 spiro atoms. The van der Waals surface area contributed by atoms with Gasteiger partial charge in [-0.1, -0.05) is 30.3 Å². The van der Waals surface area contributed by atoms with Crippen molar-refractivity contribution in [1.82, 2.24) is 9.55 Å². The minimum atomic E-state index is 0.193. The number of para-hydroxylation sites is 3. The van der Waals surface area contributed by atoms with Crippen molar-refractivity contribution in [2.75, 3.05) is 13.2 Å². The van der Waals surface area contributed by atoms with Gasteiger partial charge in [0, 0.05) is 19.6 Å². The number of aryl methyl sites for hydroxylation is 4. The molecule has 3 aromatic rings. The second kappa shape index (κ2) is 8.17. The van der Waals surface area contributed by atoms with Crippen LogP contribution in [0.2, 0.25) is 0 Å². The summed E-state index contributed by atoms with van der Waals surface area (Å²) >= 11 is 0. The van der Waals surface area contributed by atoms with Gasteiger partial charge in [-0.2, -0.15) is 0 Å². The van der Waals surface area contributed by atoms with Crippen LogP contribution in [0.5, 0.6) is 5.75 Å². The van der Waals surface area contributed by atoms with E-state index in [4.69, 9.17) is 14.8 Å². The predicted molar refractivity (Wildman–Crippen MR) is 101 cm³/mol. The zero-order chi connectivity index (χ0) is 17.6. The lowest BCUT2D eigenvalue weighted by molar-refractivity contribution is 0.285. The number of aliphatic hydroxyl groups is 1. The lowest BCUT2D eigenvalue weighted by atomic mass is 10.1. The van der Waals surface area contributed by atoms with Crippen LogP contribution in [0, 0.1) is 13.8 Å². The van der Waals surface area contributed by atoms with Crippen LogP contribution in [0.3, 0.4) is 0 Å². The first-order chi connectivity index (χ1) is 12.2. The number of benzene rings is 2. The van der Waals surface area contributed by atoms with Crippen LogP contribution in [-0.2, 0) is 13.0 Å². The van der Waals surface area contributed by atoms with Gasteiger partial charge in [-0.05, 0) is 49.9 Å². The molecule has 0 bridgehead atoms. The molecule has 25 heavy (non-hydrogen) atoms. The molecule has 0 atom stereocenters. The average Bonchev–Trinajstić information content (AvgIpc) is 2.96. The van der Waals surface area contributed by atoms with Crippen molar-refractivity contribution in [1.29, 1.82) is 0 Å². The van der Waals surface area contributed by atoms with Crippen LogP contribution in [0.25, 0.3) is 11.0 Å². The average molecular weight is 338 g/mol. The topological polar surface area (TPSA) is 47.3 Å². The smallest absolute Gasteiger partial charge is 0.125 e. The third-order valence-electron chi connectivity index (χ3n) is 4.47. The number of nitrogens with zero attached hydrogens (tertiary/aromatic N) is 2. The van der Waals surface area contributed by atoms with Crippen molar-refractivity contribution in [3.05, 3.63) is 59.4 Å². The molecule has 0 saturated heterocycles. The van der Waals surface area contributed by atoms with Crippen molar-refractivity contribution in [3.8, 4) is 5.75 Å². The summed E-state index contributed by atoms with van der Waals surface area (Å²) in [4.78, 5) is 4.73. The maximum absolute atomic E-state index is 9.13. The third-order valence-corrected chi connectivity index (χ3v) is 4.47. The Morgan fingerprint density at radius 1 is 1.00 bits per heavy atom. The zero-order valence-electron chi connectivity index (χ0n) is 15.0. The van der Waals surface area contributed by atoms with E-state index in [1.165, 1.54) is 11.1 Å². The Labute approximate surface area is 149 Å². The molecule has 0 fully saturated rings. The van der Waals surface area contributed by atoms with Crippen LogP contribution in [0.15, 0.2) is 42.5 Å². The summed E-state index contributed by atoms with van der Waals surface area (Å²) in [6, 6.07) is 14.4. The van der Waals surface area contributed by atoms with E-state index in [0.717, 1.165) is 48.4 Å². The van der Waals surface area contributed by atoms with E-state index >= 15 is 0 Å². The number of imidazole rings is 1. The summed E-state index contributed by atoms with van der Waals surface area (Å²) in [5.41, 5.74) is 4.53. The number of aromatic nitrogens is 2. The molecule has 1 heterocycles. The lowest BCUT2D eigenvalue weighted by Crippen LogP contribution is -2.09. The van der Waals surface area contributed by atoms with E-state index in [9.17, 15) is 0 Å². The third kappa shape index (κ3) is 4.02. The first kappa shape index (κ1) is 17.5. The first-order valence-corrected chi connectivity index (χ1v) is 8.94. The highest BCUT2D eigenvalue weighted by Crippen LogP contribution is 2.23. The Kier molecular flexibility index (Phi) is 5.71. The molecule has 1 aromatic heterocycles. The monoisotopic (exact) mass is 338 g/mol. The van der Waals surface area contributed by atoms with Gasteiger partial charge in [-0.3, -0.25) is 0 Å². The quantitative estimate of drug-likeness (QED) is 0.630. The first-order valence-electron chi connectivity index (χ1n) is 8.94. The summed E-state index contributed by atoms with van der Waals surface area (Å²) < 4.78 is 8.29. The number of aliphatic hydroxyl groups excluding tert-OH is 1. The van der Waals surface area contributed by atoms with Crippen molar-refractivity contribution >= 4 is 11.0 Å². The summed E-state index contributed by atoms with van der Waals surface area (Å²) in [5.74, 6) is 2.04. The molecule has 0 saturated carbocycles. The number of fused-ring (bicyclic) bond motifs is 1. The Morgan fingerprint density at radius 2 is 1.76 bits per heavy atom. The SMILES string of the molecule is Cc1cccc(C)c1OCCCn1c(CCCO)nc2ccccc21. The van der Waals surface area contributed by atoms with Gasteiger partial charge in [0.25, 0.3) is 0 Å². The standard InChI is InChI=1S/C21H26N2O2/c1-16-8-5-9-17(2)21(16)25-15-7-13-23-19-11-4-3-10-18(19)22-20(23)12-6-14-24/h3-5,8-11,24H,6-7,12-15H2,1-2H3. The zero-order valence-corrected chi connectivity index (χ0v) is 15.0. The largest absolute Gasteiger partial charge is 0.493 e.